The quantitative estimate of drug-likeness (QED) is 0.801. The molecule has 0 saturated carbocycles. The Morgan fingerprint density at radius 1 is 0.952 bits per heavy atom. The average Bonchev–Trinajstić information content (AvgIpc) is 2.50. The first kappa shape index (κ1) is 15.6. The van der Waals surface area contributed by atoms with Crippen LogP contribution in [0.1, 0.15) is 30.4 Å². The SMILES string of the molecule is CCNCC(CCc1c(F)cccc1F)c1ccccc1. The van der Waals surface area contributed by atoms with Crippen LogP contribution in [0.3, 0.4) is 0 Å². The minimum Gasteiger partial charge on any atom is -0.316 e. The van der Waals surface area contributed by atoms with Gasteiger partial charge < -0.3 is 5.32 Å². The zero-order valence-corrected chi connectivity index (χ0v) is 12.3. The van der Waals surface area contributed by atoms with Crippen molar-refractivity contribution in [3.8, 4) is 0 Å². The van der Waals surface area contributed by atoms with E-state index in [0.717, 1.165) is 19.5 Å². The van der Waals surface area contributed by atoms with Gasteiger partial charge in [-0.3, -0.25) is 0 Å². The molecule has 1 nitrogen and oxygen atoms in total. The Hall–Kier alpha value is -1.74. The summed E-state index contributed by atoms with van der Waals surface area (Å²) in [6, 6.07) is 14.2. The van der Waals surface area contributed by atoms with Gasteiger partial charge in [0.1, 0.15) is 11.6 Å². The zero-order valence-electron chi connectivity index (χ0n) is 12.3. The standard InChI is InChI=1S/C18H21F2N/c1-2-21-13-15(14-7-4-3-5-8-14)11-12-16-17(19)9-6-10-18(16)20/h3-10,15,21H,2,11-13H2,1H3. The van der Waals surface area contributed by atoms with Crippen LogP contribution in [-0.2, 0) is 6.42 Å². The molecule has 0 fully saturated rings. The predicted molar refractivity (Wildman–Crippen MR) is 82.4 cm³/mol. The predicted octanol–water partition coefficient (Wildman–Crippen LogP) is 4.29. The van der Waals surface area contributed by atoms with Crippen molar-refractivity contribution in [2.45, 2.75) is 25.7 Å². The molecule has 2 aromatic rings. The molecule has 3 heteroatoms. The van der Waals surface area contributed by atoms with Crippen LogP contribution in [0.4, 0.5) is 8.78 Å². The van der Waals surface area contributed by atoms with Crippen molar-refractivity contribution in [1.29, 1.82) is 0 Å². The smallest absolute Gasteiger partial charge is 0.129 e. The Kier molecular flexibility index (Phi) is 5.88. The van der Waals surface area contributed by atoms with Crippen LogP contribution in [-0.4, -0.2) is 13.1 Å². The number of benzene rings is 2. The van der Waals surface area contributed by atoms with Gasteiger partial charge in [-0.2, -0.15) is 0 Å². The van der Waals surface area contributed by atoms with Crippen LogP contribution >= 0.6 is 0 Å². The molecular weight excluding hydrogens is 268 g/mol. The van der Waals surface area contributed by atoms with Gasteiger partial charge in [0.05, 0.1) is 0 Å². The third-order valence-corrected chi connectivity index (χ3v) is 3.72. The fourth-order valence-corrected chi connectivity index (χ4v) is 2.52. The second-order valence-electron chi connectivity index (χ2n) is 5.15. The van der Waals surface area contributed by atoms with E-state index in [1.807, 2.05) is 18.2 Å². The number of likely N-dealkylation sites (N-methyl/N-ethyl adjacent to an activating group) is 1. The lowest BCUT2D eigenvalue weighted by molar-refractivity contribution is 0.520. The molecule has 21 heavy (non-hydrogen) atoms. The summed E-state index contributed by atoms with van der Waals surface area (Å²) in [6.45, 7) is 3.76. The largest absolute Gasteiger partial charge is 0.316 e. The van der Waals surface area contributed by atoms with E-state index in [1.165, 1.54) is 23.8 Å². The second-order valence-corrected chi connectivity index (χ2v) is 5.15. The van der Waals surface area contributed by atoms with Gasteiger partial charge >= 0.3 is 0 Å². The van der Waals surface area contributed by atoms with E-state index >= 15 is 0 Å². The molecule has 0 aliphatic rings. The third kappa shape index (κ3) is 4.36. The molecule has 0 amide bonds. The molecule has 1 atom stereocenters. The number of halogens is 2. The summed E-state index contributed by atoms with van der Waals surface area (Å²) < 4.78 is 27.4. The normalized spacial score (nSPS) is 12.3. The molecule has 0 aromatic heterocycles. The monoisotopic (exact) mass is 289 g/mol. The maximum atomic E-state index is 13.7. The van der Waals surface area contributed by atoms with Crippen LogP contribution in [0.5, 0.6) is 0 Å². The van der Waals surface area contributed by atoms with Crippen LogP contribution < -0.4 is 5.32 Å². The summed E-state index contributed by atoms with van der Waals surface area (Å²) in [5, 5.41) is 3.32. The van der Waals surface area contributed by atoms with E-state index in [4.69, 9.17) is 0 Å². The van der Waals surface area contributed by atoms with Gasteiger partial charge in [0.25, 0.3) is 0 Å². The van der Waals surface area contributed by atoms with Crippen LogP contribution in [0.15, 0.2) is 48.5 Å². The van der Waals surface area contributed by atoms with Crippen molar-refractivity contribution in [1.82, 2.24) is 5.32 Å². The molecule has 2 aromatic carbocycles. The maximum absolute atomic E-state index is 13.7. The van der Waals surface area contributed by atoms with Crippen molar-refractivity contribution in [2.24, 2.45) is 0 Å². The van der Waals surface area contributed by atoms with Gasteiger partial charge in [-0.25, -0.2) is 8.78 Å². The van der Waals surface area contributed by atoms with E-state index in [-0.39, 0.29) is 11.5 Å². The summed E-state index contributed by atoms with van der Waals surface area (Å²) in [6.07, 6.45) is 1.12. The molecule has 0 radical (unpaired) electrons. The summed E-state index contributed by atoms with van der Waals surface area (Å²) in [5.74, 6) is -0.652. The first-order valence-corrected chi connectivity index (χ1v) is 7.41. The average molecular weight is 289 g/mol. The molecule has 0 heterocycles. The van der Waals surface area contributed by atoms with Gasteiger partial charge in [-0.1, -0.05) is 43.3 Å². The van der Waals surface area contributed by atoms with Gasteiger partial charge in [-0.05, 0) is 43.0 Å². The molecular formula is C18H21F2N. The highest BCUT2D eigenvalue weighted by atomic mass is 19.1. The van der Waals surface area contributed by atoms with E-state index in [0.29, 0.717) is 6.42 Å². The molecule has 1 N–H and O–H groups in total. The van der Waals surface area contributed by atoms with E-state index in [2.05, 4.69) is 24.4 Å². The first-order valence-electron chi connectivity index (χ1n) is 7.41. The van der Waals surface area contributed by atoms with E-state index < -0.39 is 11.6 Å². The Morgan fingerprint density at radius 2 is 1.62 bits per heavy atom. The second kappa shape index (κ2) is 7.89. The maximum Gasteiger partial charge on any atom is 0.129 e. The lowest BCUT2D eigenvalue weighted by Crippen LogP contribution is -2.21. The third-order valence-electron chi connectivity index (χ3n) is 3.72. The van der Waals surface area contributed by atoms with Crippen molar-refractivity contribution in [2.75, 3.05) is 13.1 Å². The van der Waals surface area contributed by atoms with Crippen molar-refractivity contribution in [3.63, 3.8) is 0 Å². The fraction of sp³-hybridized carbons (Fsp3) is 0.333. The highest BCUT2D eigenvalue weighted by molar-refractivity contribution is 5.23. The van der Waals surface area contributed by atoms with Gasteiger partial charge in [0, 0.05) is 12.1 Å². The molecule has 112 valence electrons. The summed E-state index contributed by atoms with van der Waals surface area (Å²) in [4.78, 5) is 0. The van der Waals surface area contributed by atoms with Crippen LogP contribution in [0, 0.1) is 11.6 Å². The van der Waals surface area contributed by atoms with Crippen molar-refractivity contribution >= 4 is 0 Å². The number of hydrogen-bond donors (Lipinski definition) is 1. The minimum atomic E-state index is -0.453. The summed E-state index contributed by atoms with van der Waals surface area (Å²) >= 11 is 0. The van der Waals surface area contributed by atoms with Gasteiger partial charge in [-0.15, -0.1) is 0 Å². The molecule has 0 aliphatic heterocycles. The Labute approximate surface area is 125 Å². The topological polar surface area (TPSA) is 12.0 Å². The molecule has 0 saturated heterocycles. The molecule has 0 bridgehead atoms. The molecule has 2 rings (SSSR count). The number of rotatable bonds is 7. The summed E-state index contributed by atoms with van der Waals surface area (Å²) in [5.41, 5.74) is 1.39. The van der Waals surface area contributed by atoms with E-state index in [1.54, 1.807) is 0 Å². The molecule has 0 spiro atoms. The van der Waals surface area contributed by atoms with Crippen molar-refractivity contribution in [3.05, 3.63) is 71.3 Å². The summed E-state index contributed by atoms with van der Waals surface area (Å²) in [7, 11) is 0. The highest BCUT2D eigenvalue weighted by Crippen LogP contribution is 2.23. The Bertz CT molecular complexity index is 534. The van der Waals surface area contributed by atoms with Gasteiger partial charge in [0.2, 0.25) is 0 Å². The lowest BCUT2D eigenvalue weighted by Gasteiger charge is -2.18. The number of nitrogens with one attached hydrogen (secondary N) is 1. The van der Waals surface area contributed by atoms with Gasteiger partial charge in [0.15, 0.2) is 0 Å². The van der Waals surface area contributed by atoms with Crippen LogP contribution in [0.25, 0.3) is 0 Å². The first-order chi connectivity index (χ1) is 10.2. The number of hydrogen-bond acceptors (Lipinski definition) is 1. The highest BCUT2D eigenvalue weighted by Gasteiger charge is 2.14. The molecule has 1 unspecified atom stereocenters. The Balaban J connectivity index is 2.09. The molecule has 0 aliphatic carbocycles. The van der Waals surface area contributed by atoms with Crippen LogP contribution in [0.2, 0.25) is 0 Å². The fourth-order valence-electron chi connectivity index (χ4n) is 2.52. The van der Waals surface area contributed by atoms with E-state index in [9.17, 15) is 8.78 Å². The zero-order chi connectivity index (χ0) is 15.1. The Morgan fingerprint density at radius 3 is 2.24 bits per heavy atom. The minimum absolute atomic E-state index is 0.190. The lowest BCUT2D eigenvalue weighted by atomic mass is 9.92. The van der Waals surface area contributed by atoms with Crippen molar-refractivity contribution < 1.29 is 8.78 Å².